The van der Waals surface area contributed by atoms with Crippen LogP contribution in [0.25, 0.3) is 0 Å². The van der Waals surface area contributed by atoms with E-state index in [1.165, 1.54) is 20.0 Å². The van der Waals surface area contributed by atoms with Gasteiger partial charge in [-0.3, -0.25) is 19.1 Å². The third kappa shape index (κ3) is 5.71. The minimum Gasteiger partial charge on any atom is -0.462 e. The first-order valence-electron chi connectivity index (χ1n) is 8.84. The number of aliphatic hydroxyl groups is 1. The lowest BCUT2D eigenvalue weighted by atomic mass is 10.0. The molecule has 0 saturated carbocycles. The van der Waals surface area contributed by atoms with Crippen molar-refractivity contribution in [2.75, 3.05) is 6.61 Å². The summed E-state index contributed by atoms with van der Waals surface area (Å²) in [5.41, 5.74) is -1.34. The van der Waals surface area contributed by atoms with Gasteiger partial charge in [-0.15, -0.1) is 16.1 Å². The Morgan fingerprint density at radius 2 is 2.14 bits per heavy atom. The van der Waals surface area contributed by atoms with Gasteiger partial charge in [0.05, 0.1) is 6.10 Å². The molecule has 0 amide bonds. The van der Waals surface area contributed by atoms with E-state index in [9.17, 15) is 24.1 Å². The van der Waals surface area contributed by atoms with E-state index < -0.39 is 54.7 Å². The van der Waals surface area contributed by atoms with E-state index in [-0.39, 0.29) is 12.7 Å². The quantitative estimate of drug-likeness (QED) is 0.289. The Morgan fingerprint density at radius 3 is 2.72 bits per heavy atom. The van der Waals surface area contributed by atoms with Crippen LogP contribution >= 0.6 is 19.8 Å². The summed E-state index contributed by atoms with van der Waals surface area (Å²) >= 11 is 6.38. The SMILES string of the molecule is CC(C)OC(=O)[C@H](C)N[P+](=O)OC[C@H]1O[C@@H](n2ccc(=O)[nH]c2=O)[C@](C)(Cl)[C@@H]1O. The van der Waals surface area contributed by atoms with Crippen LogP contribution in [0.2, 0.25) is 0 Å². The highest BCUT2D eigenvalue weighted by Crippen LogP contribution is 2.43. The third-order valence-electron chi connectivity index (χ3n) is 4.18. The highest BCUT2D eigenvalue weighted by Gasteiger charge is 2.54. The summed E-state index contributed by atoms with van der Waals surface area (Å²) < 4.78 is 28.9. The zero-order chi connectivity index (χ0) is 21.9. The molecular weight excluding hydrogens is 429 g/mol. The highest BCUT2D eigenvalue weighted by atomic mass is 35.5. The Morgan fingerprint density at radius 1 is 1.48 bits per heavy atom. The van der Waals surface area contributed by atoms with E-state index in [0.717, 1.165) is 10.6 Å². The second kappa shape index (κ2) is 9.46. The van der Waals surface area contributed by atoms with Gasteiger partial charge in [0.1, 0.15) is 29.7 Å². The first-order valence-corrected chi connectivity index (χ1v) is 10.4. The number of H-pyrrole nitrogens is 1. The van der Waals surface area contributed by atoms with Gasteiger partial charge in [0, 0.05) is 12.3 Å². The summed E-state index contributed by atoms with van der Waals surface area (Å²) in [4.78, 5) is 35.6. The molecule has 2 rings (SSSR count). The number of rotatable bonds is 8. The summed E-state index contributed by atoms with van der Waals surface area (Å²) in [5, 5.41) is 12.9. The van der Waals surface area contributed by atoms with E-state index >= 15 is 0 Å². The number of alkyl halides is 1. The molecule has 0 radical (unpaired) electrons. The first kappa shape index (κ1) is 23.7. The van der Waals surface area contributed by atoms with Crippen molar-refractivity contribution >= 4 is 25.7 Å². The molecule has 29 heavy (non-hydrogen) atoms. The summed E-state index contributed by atoms with van der Waals surface area (Å²) in [6, 6.07) is 0.244. The maximum atomic E-state index is 12.1. The number of hydrogen-bond acceptors (Lipinski definition) is 8. The van der Waals surface area contributed by atoms with Crippen LogP contribution in [0, 0.1) is 0 Å². The molecule has 11 nitrogen and oxygen atoms in total. The number of aromatic amines is 1. The molecule has 1 aromatic rings. The number of aromatic nitrogens is 2. The fourth-order valence-electron chi connectivity index (χ4n) is 2.69. The van der Waals surface area contributed by atoms with Gasteiger partial charge in [-0.2, -0.15) is 0 Å². The minimum absolute atomic E-state index is 0.317. The van der Waals surface area contributed by atoms with Gasteiger partial charge >= 0.3 is 19.8 Å². The molecular formula is C16H24ClN3O8P+. The van der Waals surface area contributed by atoms with E-state index in [0.29, 0.717) is 0 Å². The number of nitrogens with one attached hydrogen (secondary N) is 2. The van der Waals surface area contributed by atoms with Crippen LogP contribution in [-0.2, 0) is 23.4 Å². The zero-order valence-corrected chi connectivity index (χ0v) is 18.0. The van der Waals surface area contributed by atoms with Gasteiger partial charge in [-0.25, -0.2) is 4.79 Å². The lowest BCUT2D eigenvalue weighted by molar-refractivity contribution is -0.149. The monoisotopic (exact) mass is 452 g/mol. The Bertz CT molecular complexity index is 870. The molecule has 1 fully saturated rings. The molecule has 6 atom stereocenters. The highest BCUT2D eigenvalue weighted by molar-refractivity contribution is 7.36. The van der Waals surface area contributed by atoms with E-state index in [1.807, 2.05) is 0 Å². The summed E-state index contributed by atoms with van der Waals surface area (Å²) in [5.74, 6) is -0.588. The largest absolute Gasteiger partial charge is 0.613 e. The van der Waals surface area contributed by atoms with Gasteiger partial charge in [-0.1, -0.05) is 5.09 Å². The molecule has 1 saturated heterocycles. The number of nitrogens with zero attached hydrogens (tertiary/aromatic N) is 1. The minimum atomic E-state index is -2.47. The maximum absolute atomic E-state index is 12.1. The predicted octanol–water partition coefficient (Wildman–Crippen LogP) is 0.396. The molecule has 0 aliphatic carbocycles. The first-order chi connectivity index (χ1) is 13.4. The van der Waals surface area contributed by atoms with Crippen LogP contribution in [0.4, 0.5) is 0 Å². The number of carbonyl (C=O) groups is 1. The van der Waals surface area contributed by atoms with Crippen molar-refractivity contribution in [2.24, 2.45) is 0 Å². The molecule has 0 bridgehead atoms. The summed E-state index contributed by atoms with van der Waals surface area (Å²) in [6.07, 6.45) is -2.52. The number of ether oxygens (including phenoxy) is 2. The molecule has 2 heterocycles. The van der Waals surface area contributed by atoms with Crippen molar-refractivity contribution in [1.82, 2.24) is 14.6 Å². The smallest absolute Gasteiger partial charge is 0.462 e. The molecule has 1 aliphatic heterocycles. The second-order valence-electron chi connectivity index (χ2n) is 7.03. The number of hydrogen-bond donors (Lipinski definition) is 3. The maximum Gasteiger partial charge on any atom is 0.613 e. The van der Waals surface area contributed by atoms with Gasteiger partial charge in [0.15, 0.2) is 6.23 Å². The Kier molecular flexibility index (Phi) is 7.72. The Hall–Kier alpha value is -1.62. The van der Waals surface area contributed by atoms with Gasteiger partial charge < -0.3 is 14.6 Å². The van der Waals surface area contributed by atoms with Crippen molar-refractivity contribution in [3.05, 3.63) is 33.1 Å². The molecule has 0 spiro atoms. The van der Waals surface area contributed by atoms with Crippen molar-refractivity contribution < 1.29 is 28.5 Å². The van der Waals surface area contributed by atoms with Crippen LogP contribution < -0.4 is 16.3 Å². The summed E-state index contributed by atoms with van der Waals surface area (Å²) in [6.45, 7) is 5.98. The molecule has 1 aromatic heterocycles. The predicted molar refractivity (Wildman–Crippen MR) is 103 cm³/mol. The fraction of sp³-hybridized carbons (Fsp3) is 0.688. The van der Waals surface area contributed by atoms with Crippen LogP contribution in [0.3, 0.4) is 0 Å². The zero-order valence-electron chi connectivity index (χ0n) is 16.3. The standard InChI is InChI=1S/C16H23ClN3O8P/c1-8(2)27-13(23)9(3)19-29(25)26-7-10-12(22)16(4,17)14(28-10)20-6-5-11(21)18-15(20)24/h5-6,8-10,12,14,22H,7H2,1-4H3,(H-,18,19,21,24,25)/p+1/t9-,10+,12+,14+,16+/m0/s1. The van der Waals surface area contributed by atoms with Crippen molar-refractivity contribution in [2.45, 2.75) is 63.2 Å². The lowest BCUT2D eigenvalue weighted by Crippen LogP contribution is -2.43. The van der Waals surface area contributed by atoms with Crippen LogP contribution in [0.15, 0.2) is 21.9 Å². The number of carbonyl (C=O) groups excluding carboxylic acids is 1. The molecule has 162 valence electrons. The van der Waals surface area contributed by atoms with E-state index in [2.05, 4.69) is 10.1 Å². The van der Waals surface area contributed by atoms with E-state index in [1.54, 1.807) is 13.8 Å². The normalized spacial score (nSPS) is 28.4. The third-order valence-corrected chi connectivity index (χ3v) is 5.57. The Balaban J connectivity index is 2.00. The van der Waals surface area contributed by atoms with Crippen LogP contribution in [0.1, 0.15) is 33.9 Å². The molecule has 1 aliphatic rings. The van der Waals surface area contributed by atoms with E-state index in [4.69, 9.17) is 25.6 Å². The molecule has 0 aromatic carbocycles. The van der Waals surface area contributed by atoms with Gasteiger partial charge in [-0.05, 0) is 32.3 Å². The van der Waals surface area contributed by atoms with Crippen molar-refractivity contribution in [3.63, 3.8) is 0 Å². The Labute approximate surface area is 172 Å². The molecule has 13 heteroatoms. The average molecular weight is 453 g/mol. The van der Waals surface area contributed by atoms with Crippen LogP contribution in [-0.4, -0.2) is 56.5 Å². The number of halogens is 1. The summed E-state index contributed by atoms with van der Waals surface area (Å²) in [7, 11) is -2.47. The average Bonchev–Trinajstić information content (AvgIpc) is 2.82. The molecule has 3 N–H and O–H groups in total. The number of esters is 1. The fourth-order valence-corrected chi connectivity index (χ4v) is 3.76. The number of aliphatic hydroxyl groups excluding tert-OH is 1. The van der Waals surface area contributed by atoms with Gasteiger partial charge in [0.2, 0.25) is 0 Å². The van der Waals surface area contributed by atoms with Crippen molar-refractivity contribution in [1.29, 1.82) is 0 Å². The van der Waals surface area contributed by atoms with Gasteiger partial charge in [0.25, 0.3) is 5.56 Å². The second-order valence-corrected chi connectivity index (χ2v) is 8.87. The van der Waals surface area contributed by atoms with Crippen LogP contribution in [0.5, 0.6) is 0 Å². The topological polar surface area (TPSA) is 149 Å². The van der Waals surface area contributed by atoms with Crippen molar-refractivity contribution in [3.8, 4) is 0 Å². The lowest BCUT2D eigenvalue weighted by Gasteiger charge is -2.26. The molecule has 1 unspecified atom stereocenters.